The van der Waals surface area contributed by atoms with E-state index in [1.165, 1.54) is 12.3 Å². The molecule has 0 spiro atoms. The van der Waals surface area contributed by atoms with E-state index in [1.54, 1.807) is 6.07 Å². The number of hydrogen-bond donors (Lipinski definition) is 2. The van der Waals surface area contributed by atoms with Crippen LogP contribution in [-0.2, 0) is 6.54 Å². The van der Waals surface area contributed by atoms with Crippen LogP contribution in [0.5, 0.6) is 0 Å². The lowest BCUT2D eigenvalue weighted by Gasteiger charge is -2.04. The molecule has 0 atom stereocenters. The van der Waals surface area contributed by atoms with E-state index < -0.39 is 11.8 Å². The van der Waals surface area contributed by atoms with E-state index >= 15 is 0 Å². The van der Waals surface area contributed by atoms with E-state index in [0.29, 0.717) is 12.5 Å². The Kier molecular flexibility index (Phi) is 3.42. The van der Waals surface area contributed by atoms with Crippen molar-refractivity contribution in [1.29, 1.82) is 0 Å². The lowest BCUT2D eigenvalue weighted by atomic mass is 10.2. The number of anilines is 1. The van der Waals surface area contributed by atoms with Crippen molar-refractivity contribution in [3.05, 3.63) is 47.8 Å². The molecule has 18 heavy (non-hydrogen) atoms. The Morgan fingerprint density at radius 2 is 1.94 bits per heavy atom. The molecular weight excluding hydrogens is 239 g/mol. The lowest BCUT2D eigenvalue weighted by molar-refractivity contribution is 0.0690. The van der Waals surface area contributed by atoms with Crippen LogP contribution in [0.15, 0.2) is 30.7 Å². The van der Waals surface area contributed by atoms with Gasteiger partial charge in [0.15, 0.2) is 5.82 Å². The maximum Gasteiger partial charge on any atom is 0.354 e. The van der Waals surface area contributed by atoms with Crippen molar-refractivity contribution >= 4 is 11.9 Å². The molecule has 0 aromatic carbocycles. The fourth-order valence-electron chi connectivity index (χ4n) is 1.24. The standard InChI is InChI=1S/C11H9FN4O2/c12-8-5-15-11(16-6-8)14-4-7-1-2-9(10(17)18)13-3-7/h1-3,5-6H,4H2,(H,17,18)(H,14,15,16). The Hall–Kier alpha value is -2.57. The topological polar surface area (TPSA) is 88.0 Å². The maximum absolute atomic E-state index is 12.6. The average molecular weight is 248 g/mol. The van der Waals surface area contributed by atoms with Gasteiger partial charge in [-0.2, -0.15) is 0 Å². The quantitative estimate of drug-likeness (QED) is 0.848. The van der Waals surface area contributed by atoms with E-state index in [0.717, 1.165) is 18.0 Å². The van der Waals surface area contributed by atoms with E-state index in [9.17, 15) is 9.18 Å². The highest BCUT2D eigenvalue weighted by Crippen LogP contribution is 2.04. The number of hydrogen-bond acceptors (Lipinski definition) is 5. The Bertz CT molecular complexity index is 542. The minimum Gasteiger partial charge on any atom is -0.477 e. The first-order valence-corrected chi connectivity index (χ1v) is 5.05. The van der Waals surface area contributed by atoms with Gasteiger partial charge in [-0.3, -0.25) is 0 Å². The van der Waals surface area contributed by atoms with Crippen LogP contribution in [-0.4, -0.2) is 26.0 Å². The van der Waals surface area contributed by atoms with Crippen molar-refractivity contribution < 1.29 is 14.3 Å². The molecule has 6 nitrogen and oxygen atoms in total. The number of nitrogens with one attached hydrogen (secondary N) is 1. The molecule has 0 amide bonds. The van der Waals surface area contributed by atoms with Crippen LogP contribution in [0.3, 0.4) is 0 Å². The summed E-state index contributed by atoms with van der Waals surface area (Å²) in [5.74, 6) is -1.29. The van der Waals surface area contributed by atoms with Crippen LogP contribution in [0, 0.1) is 5.82 Å². The first kappa shape index (κ1) is 11.9. The fraction of sp³-hybridized carbons (Fsp3) is 0.0909. The van der Waals surface area contributed by atoms with Crippen LogP contribution < -0.4 is 5.32 Å². The van der Waals surface area contributed by atoms with Gasteiger partial charge < -0.3 is 10.4 Å². The summed E-state index contributed by atoms with van der Waals surface area (Å²) < 4.78 is 12.6. The predicted molar refractivity (Wildman–Crippen MR) is 60.5 cm³/mol. The summed E-state index contributed by atoms with van der Waals surface area (Å²) in [6.07, 6.45) is 3.56. The second-order valence-electron chi connectivity index (χ2n) is 3.44. The number of carboxylic acid groups (broad SMARTS) is 1. The third-order valence-electron chi connectivity index (χ3n) is 2.11. The van der Waals surface area contributed by atoms with Crippen LogP contribution in [0.25, 0.3) is 0 Å². The van der Waals surface area contributed by atoms with Crippen LogP contribution in [0.4, 0.5) is 10.3 Å². The van der Waals surface area contributed by atoms with Gasteiger partial charge in [0.2, 0.25) is 5.95 Å². The summed E-state index contributed by atoms with van der Waals surface area (Å²) in [6, 6.07) is 3.04. The molecule has 0 unspecified atom stereocenters. The van der Waals surface area contributed by atoms with Gasteiger partial charge in [0.1, 0.15) is 5.69 Å². The van der Waals surface area contributed by atoms with E-state index in [2.05, 4.69) is 20.3 Å². The molecule has 0 saturated heterocycles. The summed E-state index contributed by atoms with van der Waals surface area (Å²) in [6.45, 7) is 0.374. The largest absolute Gasteiger partial charge is 0.477 e. The number of nitrogens with zero attached hydrogens (tertiary/aromatic N) is 3. The van der Waals surface area contributed by atoms with E-state index in [4.69, 9.17) is 5.11 Å². The number of halogens is 1. The number of rotatable bonds is 4. The number of aromatic carboxylic acids is 1. The second-order valence-corrected chi connectivity index (χ2v) is 3.44. The molecule has 92 valence electrons. The first-order valence-electron chi connectivity index (χ1n) is 5.05. The van der Waals surface area contributed by atoms with Gasteiger partial charge in [0, 0.05) is 12.7 Å². The Morgan fingerprint density at radius 1 is 1.22 bits per heavy atom. The molecule has 2 aromatic rings. The van der Waals surface area contributed by atoms with Crippen molar-refractivity contribution in [2.75, 3.05) is 5.32 Å². The zero-order valence-corrected chi connectivity index (χ0v) is 9.17. The minimum absolute atomic E-state index is 0.0169. The number of carboxylic acids is 1. The van der Waals surface area contributed by atoms with Gasteiger partial charge >= 0.3 is 5.97 Å². The molecule has 0 aliphatic heterocycles. The maximum atomic E-state index is 12.6. The monoisotopic (exact) mass is 248 g/mol. The highest BCUT2D eigenvalue weighted by molar-refractivity contribution is 5.85. The third-order valence-corrected chi connectivity index (χ3v) is 2.11. The molecular formula is C11H9FN4O2. The number of carbonyl (C=O) groups is 1. The van der Waals surface area contributed by atoms with Gasteiger partial charge in [-0.25, -0.2) is 24.1 Å². The second kappa shape index (κ2) is 5.17. The molecule has 0 bridgehead atoms. The zero-order valence-electron chi connectivity index (χ0n) is 9.17. The smallest absolute Gasteiger partial charge is 0.354 e. The summed E-state index contributed by atoms with van der Waals surface area (Å²) in [4.78, 5) is 21.8. The van der Waals surface area contributed by atoms with Gasteiger partial charge in [-0.05, 0) is 11.6 Å². The zero-order chi connectivity index (χ0) is 13.0. The Morgan fingerprint density at radius 3 is 2.50 bits per heavy atom. The molecule has 0 fully saturated rings. The van der Waals surface area contributed by atoms with Crippen molar-refractivity contribution in [3.8, 4) is 0 Å². The molecule has 0 aliphatic carbocycles. The molecule has 2 N–H and O–H groups in total. The molecule has 0 saturated carbocycles. The summed E-state index contributed by atoms with van der Waals surface area (Å²) >= 11 is 0. The van der Waals surface area contributed by atoms with Crippen molar-refractivity contribution in [2.45, 2.75) is 6.54 Å². The third kappa shape index (κ3) is 2.97. The summed E-state index contributed by atoms with van der Waals surface area (Å²) in [5, 5.41) is 11.5. The van der Waals surface area contributed by atoms with Crippen molar-refractivity contribution in [1.82, 2.24) is 15.0 Å². The normalized spacial score (nSPS) is 10.1. The lowest BCUT2D eigenvalue weighted by Crippen LogP contribution is -2.05. The highest BCUT2D eigenvalue weighted by Gasteiger charge is 2.03. The van der Waals surface area contributed by atoms with Gasteiger partial charge in [0.05, 0.1) is 12.4 Å². The molecule has 2 aromatic heterocycles. The average Bonchev–Trinajstić information content (AvgIpc) is 2.38. The van der Waals surface area contributed by atoms with E-state index in [1.807, 2.05) is 0 Å². The molecule has 2 heterocycles. The minimum atomic E-state index is -1.07. The predicted octanol–water partition coefficient (Wildman–Crippen LogP) is 1.32. The molecule has 7 heteroatoms. The molecule has 0 aliphatic rings. The Labute approximate surface area is 102 Å². The van der Waals surface area contributed by atoms with Crippen molar-refractivity contribution in [3.63, 3.8) is 0 Å². The molecule has 0 radical (unpaired) electrons. The van der Waals surface area contributed by atoms with Gasteiger partial charge in [-0.15, -0.1) is 0 Å². The van der Waals surface area contributed by atoms with Gasteiger partial charge in [0.25, 0.3) is 0 Å². The van der Waals surface area contributed by atoms with Gasteiger partial charge in [-0.1, -0.05) is 6.07 Å². The number of aromatic nitrogens is 3. The van der Waals surface area contributed by atoms with Crippen molar-refractivity contribution in [2.24, 2.45) is 0 Å². The van der Waals surface area contributed by atoms with Crippen LogP contribution in [0.2, 0.25) is 0 Å². The van der Waals surface area contributed by atoms with Crippen LogP contribution >= 0.6 is 0 Å². The highest BCUT2D eigenvalue weighted by atomic mass is 19.1. The molecule has 2 rings (SSSR count). The SMILES string of the molecule is O=C(O)c1ccc(CNc2ncc(F)cn2)cn1. The Balaban J connectivity index is 1.97. The summed E-state index contributed by atoms with van der Waals surface area (Å²) in [7, 11) is 0. The number of pyridine rings is 1. The fourth-order valence-corrected chi connectivity index (χ4v) is 1.24. The first-order chi connectivity index (χ1) is 8.65. The van der Waals surface area contributed by atoms with E-state index in [-0.39, 0.29) is 5.69 Å². The summed E-state index contributed by atoms with van der Waals surface area (Å²) in [5.41, 5.74) is 0.754. The van der Waals surface area contributed by atoms with Crippen LogP contribution in [0.1, 0.15) is 16.1 Å².